The Balaban J connectivity index is 0.00000208. The van der Waals surface area contributed by atoms with Gasteiger partial charge in [-0.2, -0.15) is 0 Å². The van der Waals surface area contributed by atoms with Gasteiger partial charge in [0.15, 0.2) is 5.13 Å². The number of carbonyl (C=O) groups is 1. The molecule has 0 atom stereocenters. The molecule has 1 aliphatic rings. The van der Waals surface area contributed by atoms with Crippen molar-refractivity contribution in [3.05, 3.63) is 23.2 Å². The highest BCUT2D eigenvalue weighted by molar-refractivity contribution is 7.22. The van der Waals surface area contributed by atoms with Crippen molar-refractivity contribution in [2.75, 3.05) is 32.1 Å². The van der Waals surface area contributed by atoms with Crippen molar-refractivity contribution in [1.29, 1.82) is 0 Å². The van der Waals surface area contributed by atoms with Crippen molar-refractivity contribution >= 4 is 56.6 Å². The summed E-state index contributed by atoms with van der Waals surface area (Å²) in [5.74, 6) is 0.405. The van der Waals surface area contributed by atoms with E-state index in [1.54, 1.807) is 11.3 Å². The molecule has 1 aromatic heterocycles. The van der Waals surface area contributed by atoms with E-state index < -0.39 is 0 Å². The average Bonchev–Trinajstić information content (AvgIpc) is 2.86. The summed E-state index contributed by atoms with van der Waals surface area (Å²) in [5, 5.41) is 1.43. The van der Waals surface area contributed by atoms with Crippen LogP contribution in [0.15, 0.2) is 18.2 Å². The first-order chi connectivity index (χ1) is 11.1. The van der Waals surface area contributed by atoms with Gasteiger partial charge in [-0.1, -0.05) is 35.4 Å². The third kappa shape index (κ3) is 4.20. The van der Waals surface area contributed by atoms with Crippen LogP contribution in [0, 0.1) is 5.92 Å². The summed E-state index contributed by atoms with van der Waals surface area (Å²) < 4.78 is 1.03. The molecular formula is C17H23Cl2N3OS. The van der Waals surface area contributed by atoms with Crippen molar-refractivity contribution in [2.45, 2.75) is 25.7 Å². The standard InChI is InChI=1S/C17H22ClN3OS.ClH/c1-20(2)10-5-11-21(16(22)12-6-3-7-12)17-19-15-13(18)8-4-9-14(15)23-17;/h4,8-9,12H,3,5-7,10-11H2,1-2H3;1H. The Bertz CT molecular complexity index is 700. The number of rotatable bonds is 6. The summed E-state index contributed by atoms with van der Waals surface area (Å²) >= 11 is 7.79. The highest BCUT2D eigenvalue weighted by Crippen LogP contribution is 2.35. The molecule has 2 aromatic rings. The maximum Gasteiger partial charge on any atom is 0.231 e. The predicted molar refractivity (Wildman–Crippen MR) is 105 cm³/mol. The van der Waals surface area contributed by atoms with Crippen molar-refractivity contribution < 1.29 is 4.79 Å². The van der Waals surface area contributed by atoms with Crippen LogP contribution in [0.25, 0.3) is 10.2 Å². The minimum atomic E-state index is 0. The van der Waals surface area contributed by atoms with Gasteiger partial charge < -0.3 is 4.90 Å². The second kappa shape index (κ2) is 8.48. The second-order valence-corrected chi connectivity index (χ2v) is 7.77. The summed E-state index contributed by atoms with van der Waals surface area (Å²) in [4.78, 5) is 21.5. The molecule has 0 aliphatic heterocycles. The molecule has 0 unspecified atom stereocenters. The number of fused-ring (bicyclic) bond motifs is 1. The van der Waals surface area contributed by atoms with Gasteiger partial charge in [-0.05, 0) is 52.0 Å². The molecular weight excluding hydrogens is 365 g/mol. The molecule has 7 heteroatoms. The van der Waals surface area contributed by atoms with E-state index in [9.17, 15) is 4.79 Å². The molecule has 0 spiro atoms. The first-order valence-electron chi connectivity index (χ1n) is 8.07. The van der Waals surface area contributed by atoms with Gasteiger partial charge in [-0.25, -0.2) is 4.98 Å². The van der Waals surface area contributed by atoms with Gasteiger partial charge in [0.2, 0.25) is 5.91 Å². The van der Waals surface area contributed by atoms with Gasteiger partial charge in [0, 0.05) is 12.5 Å². The maximum atomic E-state index is 12.8. The van der Waals surface area contributed by atoms with Crippen LogP contribution in [0.5, 0.6) is 0 Å². The first-order valence-corrected chi connectivity index (χ1v) is 9.27. The fraction of sp³-hybridized carbons (Fsp3) is 0.529. The monoisotopic (exact) mass is 387 g/mol. The Morgan fingerprint density at radius 3 is 2.67 bits per heavy atom. The van der Waals surface area contributed by atoms with E-state index in [4.69, 9.17) is 11.6 Å². The highest BCUT2D eigenvalue weighted by atomic mass is 35.5. The molecule has 132 valence electrons. The molecule has 1 aromatic carbocycles. The number of anilines is 1. The average molecular weight is 388 g/mol. The van der Waals surface area contributed by atoms with Gasteiger partial charge >= 0.3 is 0 Å². The van der Waals surface area contributed by atoms with Crippen molar-refractivity contribution in [3.8, 4) is 0 Å². The SMILES string of the molecule is CN(C)CCCN(C(=O)C1CCC1)c1nc2c(Cl)cccc2s1.Cl. The molecule has 1 aliphatic carbocycles. The van der Waals surface area contributed by atoms with Crippen LogP contribution < -0.4 is 4.90 Å². The molecule has 1 amide bonds. The predicted octanol–water partition coefficient (Wildman–Crippen LogP) is 4.46. The van der Waals surface area contributed by atoms with Crippen LogP contribution in [0.4, 0.5) is 5.13 Å². The van der Waals surface area contributed by atoms with E-state index in [0.717, 1.165) is 47.6 Å². The number of benzene rings is 1. The number of aromatic nitrogens is 1. The minimum absolute atomic E-state index is 0. The summed E-state index contributed by atoms with van der Waals surface area (Å²) in [5.41, 5.74) is 0.799. The Morgan fingerprint density at radius 2 is 2.08 bits per heavy atom. The molecule has 3 rings (SSSR count). The van der Waals surface area contributed by atoms with Crippen LogP contribution in [0.2, 0.25) is 5.02 Å². The van der Waals surface area contributed by atoms with Crippen molar-refractivity contribution in [3.63, 3.8) is 0 Å². The third-order valence-corrected chi connectivity index (χ3v) is 5.65. The third-order valence-electron chi connectivity index (χ3n) is 4.30. The Labute approximate surface area is 158 Å². The lowest BCUT2D eigenvalue weighted by molar-refractivity contribution is -0.124. The lowest BCUT2D eigenvalue weighted by atomic mass is 9.84. The molecule has 1 heterocycles. The van der Waals surface area contributed by atoms with E-state index >= 15 is 0 Å². The van der Waals surface area contributed by atoms with E-state index in [1.165, 1.54) is 0 Å². The number of amides is 1. The maximum absolute atomic E-state index is 12.8. The normalized spacial score (nSPS) is 14.5. The van der Waals surface area contributed by atoms with Crippen LogP contribution in [-0.4, -0.2) is 43.0 Å². The summed E-state index contributed by atoms with van der Waals surface area (Å²) in [6.45, 7) is 1.67. The number of para-hydroxylation sites is 1. The number of hydrogen-bond acceptors (Lipinski definition) is 4. The van der Waals surface area contributed by atoms with Gasteiger partial charge in [0.25, 0.3) is 0 Å². The van der Waals surface area contributed by atoms with Gasteiger partial charge in [0.1, 0.15) is 5.52 Å². The van der Waals surface area contributed by atoms with E-state index in [-0.39, 0.29) is 24.2 Å². The van der Waals surface area contributed by atoms with Crippen LogP contribution in [-0.2, 0) is 4.79 Å². The molecule has 0 bridgehead atoms. The summed E-state index contributed by atoms with van der Waals surface area (Å²) in [6.07, 6.45) is 4.12. The number of hydrogen-bond donors (Lipinski definition) is 0. The van der Waals surface area contributed by atoms with E-state index in [2.05, 4.69) is 24.0 Å². The fourth-order valence-electron chi connectivity index (χ4n) is 2.74. The summed E-state index contributed by atoms with van der Waals surface area (Å²) in [6, 6.07) is 5.78. The Hall–Kier alpha value is -0.880. The molecule has 24 heavy (non-hydrogen) atoms. The zero-order chi connectivity index (χ0) is 16.4. The lowest BCUT2D eigenvalue weighted by Crippen LogP contribution is -2.40. The smallest absolute Gasteiger partial charge is 0.231 e. The largest absolute Gasteiger partial charge is 0.309 e. The zero-order valence-corrected chi connectivity index (χ0v) is 16.4. The summed E-state index contributed by atoms with van der Waals surface area (Å²) in [7, 11) is 4.10. The Morgan fingerprint density at radius 1 is 1.33 bits per heavy atom. The highest BCUT2D eigenvalue weighted by Gasteiger charge is 2.31. The van der Waals surface area contributed by atoms with Crippen LogP contribution in [0.1, 0.15) is 25.7 Å². The number of thiazole rings is 1. The van der Waals surface area contributed by atoms with E-state index in [1.807, 2.05) is 23.1 Å². The Kier molecular flexibility index (Phi) is 6.87. The van der Waals surface area contributed by atoms with Crippen LogP contribution in [0.3, 0.4) is 0 Å². The minimum Gasteiger partial charge on any atom is -0.309 e. The number of halogens is 2. The topological polar surface area (TPSA) is 36.4 Å². The van der Waals surface area contributed by atoms with E-state index in [0.29, 0.717) is 11.6 Å². The van der Waals surface area contributed by atoms with Gasteiger partial charge in [0.05, 0.1) is 9.72 Å². The fourth-order valence-corrected chi connectivity index (χ4v) is 4.04. The molecule has 1 saturated carbocycles. The number of carbonyl (C=O) groups excluding carboxylic acids is 1. The quantitative estimate of drug-likeness (QED) is 0.733. The molecule has 0 N–H and O–H groups in total. The number of nitrogens with zero attached hydrogens (tertiary/aromatic N) is 3. The molecule has 1 fully saturated rings. The zero-order valence-electron chi connectivity index (χ0n) is 14.0. The van der Waals surface area contributed by atoms with Gasteiger partial charge in [-0.15, -0.1) is 12.4 Å². The molecule has 0 saturated heterocycles. The van der Waals surface area contributed by atoms with Gasteiger partial charge in [-0.3, -0.25) is 9.69 Å². The van der Waals surface area contributed by atoms with Crippen LogP contribution >= 0.6 is 35.3 Å². The molecule has 0 radical (unpaired) electrons. The second-order valence-electron chi connectivity index (χ2n) is 6.36. The van der Waals surface area contributed by atoms with Crippen molar-refractivity contribution in [2.24, 2.45) is 5.92 Å². The first kappa shape index (κ1) is 19.4. The van der Waals surface area contributed by atoms with Crippen molar-refractivity contribution in [1.82, 2.24) is 9.88 Å². The molecule has 4 nitrogen and oxygen atoms in total. The lowest BCUT2D eigenvalue weighted by Gasteiger charge is -2.30.